The van der Waals surface area contributed by atoms with Gasteiger partial charge in [0.2, 0.25) is 0 Å². The number of nitrogen functional groups attached to an aromatic ring is 1. The van der Waals surface area contributed by atoms with Gasteiger partial charge in [-0.05, 0) is 36.1 Å². The first-order chi connectivity index (χ1) is 6.43. The summed E-state index contributed by atoms with van der Waals surface area (Å²) in [6, 6.07) is 2.94. The van der Waals surface area contributed by atoms with Crippen LogP contribution in [0, 0.1) is 18.7 Å². The minimum Gasteiger partial charge on any atom is -0.396 e. The van der Waals surface area contributed by atoms with Crippen LogP contribution in [0.4, 0.5) is 10.1 Å². The molecule has 1 rings (SSSR count). The Morgan fingerprint density at radius 3 is 2.36 bits per heavy atom. The van der Waals surface area contributed by atoms with Crippen LogP contribution < -0.4 is 11.5 Å². The number of benzene rings is 1. The summed E-state index contributed by atoms with van der Waals surface area (Å²) in [5, 5.41) is 0. The molecule has 1 atom stereocenters. The SMILES string of the molecule is Cc1cc(N)c(F)cc1C(N)C(C)C. The molecular formula is C11H17FN2. The zero-order valence-electron chi connectivity index (χ0n) is 8.84. The number of hydrogen-bond donors (Lipinski definition) is 2. The highest BCUT2D eigenvalue weighted by atomic mass is 19.1. The van der Waals surface area contributed by atoms with Gasteiger partial charge in [-0.3, -0.25) is 0 Å². The Morgan fingerprint density at radius 2 is 1.86 bits per heavy atom. The van der Waals surface area contributed by atoms with Crippen LogP contribution in [0.5, 0.6) is 0 Å². The molecule has 3 heteroatoms. The summed E-state index contributed by atoms with van der Waals surface area (Å²) in [4.78, 5) is 0. The first-order valence-electron chi connectivity index (χ1n) is 4.74. The van der Waals surface area contributed by atoms with Crippen molar-refractivity contribution in [3.8, 4) is 0 Å². The summed E-state index contributed by atoms with van der Waals surface area (Å²) in [6.45, 7) is 5.92. The van der Waals surface area contributed by atoms with E-state index in [4.69, 9.17) is 11.5 Å². The van der Waals surface area contributed by atoms with Crippen LogP contribution in [0.25, 0.3) is 0 Å². The van der Waals surface area contributed by atoms with Gasteiger partial charge in [0.15, 0.2) is 0 Å². The topological polar surface area (TPSA) is 52.0 Å². The van der Waals surface area contributed by atoms with Crippen LogP contribution in [0.1, 0.15) is 31.0 Å². The Morgan fingerprint density at radius 1 is 1.29 bits per heavy atom. The van der Waals surface area contributed by atoms with Gasteiger partial charge >= 0.3 is 0 Å². The molecule has 1 aromatic carbocycles. The molecule has 0 bridgehead atoms. The van der Waals surface area contributed by atoms with Gasteiger partial charge in [0, 0.05) is 6.04 Å². The van der Waals surface area contributed by atoms with Gasteiger partial charge in [-0.2, -0.15) is 0 Å². The van der Waals surface area contributed by atoms with Crippen molar-refractivity contribution in [1.82, 2.24) is 0 Å². The van der Waals surface area contributed by atoms with E-state index in [1.54, 1.807) is 6.07 Å². The minimum atomic E-state index is -0.387. The maximum absolute atomic E-state index is 13.2. The second kappa shape index (κ2) is 3.96. The van der Waals surface area contributed by atoms with Crippen molar-refractivity contribution in [2.45, 2.75) is 26.8 Å². The Balaban J connectivity index is 3.15. The van der Waals surface area contributed by atoms with E-state index in [2.05, 4.69) is 0 Å². The van der Waals surface area contributed by atoms with Crippen LogP contribution in [0.3, 0.4) is 0 Å². The van der Waals surface area contributed by atoms with Gasteiger partial charge in [0.05, 0.1) is 5.69 Å². The second-order valence-electron chi connectivity index (χ2n) is 4.00. The number of nitrogens with two attached hydrogens (primary N) is 2. The van der Waals surface area contributed by atoms with Crippen LogP contribution in [0.2, 0.25) is 0 Å². The van der Waals surface area contributed by atoms with Gasteiger partial charge in [-0.25, -0.2) is 4.39 Å². The van der Waals surface area contributed by atoms with E-state index in [0.717, 1.165) is 11.1 Å². The number of aryl methyl sites for hydroxylation is 1. The average molecular weight is 196 g/mol. The third-order valence-corrected chi connectivity index (χ3v) is 2.46. The van der Waals surface area contributed by atoms with Gasteiger partial charge < -0.3 is 11.5 Å². The standard InChI is InChI=1S/C11H17FN2/c1-6(2)11(14)8-5-9(12)10(13)4-7(8)3/h4-6,11H,13-14H2,1-3H3. The highest BCUT2D eigenvalue weighted by molar-refractivity contribution is 5.46. The molecule has 0 aliphatic heterocycles. The summed E-state index contributed by atoms with van der Waals surface area (Å²) in [7, 11) is 0. The lowest BCUT2D eigenvalue weighted by atomic mass is 9.93. The molecule has 1 aromatic rings. The van der Waals surface area contributed by atoms with Crippen molar-refractivity contribution in [3.05, 3.63) is 29.1 Å². The van der Waals surface area contributed by atoms with E-state index in [0.29, 0.717) is 0 Å². The first-order valence-corrected chi connectivity index (χ1v) is 4.74. The van der Waals surface area contributed by atoms with Crippen molar-refractivity contribution >= 4 is 5.69 Å². The number of hydrogen-bond acceptors (Lipinski definition) is 2. The lowest BCUT2D eigenvalue weighted by Crippen LogP contribution is -2.18. The molecule has 0 fully saturated rings. The third-order valence-electron chi connectivity index (χ3n) is 2.46. The highest BCUT2D eigenvalue weighted by Gasteiger charge is 2.14. The fraction of sp³-hybridized carbons (Fsp3) is 0.455. The Labute approximate surface area is 84.1 Å². The smallest absolute Gasteiger partial charge is 0.146 e. The van der Waals surface area contributed by atoms with Gasteiger partial charge in [-0.1, -0.05) is 13.8 Å². The van der Waals surface area contributed by atoms with E-state index < -0.39 is 0 Å². The largest absolute Gasteiger partial charge is 0.396 e. The third kappa shape index (κ3) is 2.04. The van der Waals surface area contributed by atoms with Gasteiger partial charge in [0.1, 0.15) is 5.82 Å². The van der Waals surface area contributed by atoms with Crippen molar-refractivity contribution in [1.29, 1.82) is 0 Å². The Hall–Kier alpha value is -1.09. The number of rotatable bonds is 2. The van der Waals surface area contributed by atoms with Gasteiger partial charge in [-0.15, -0.1) is 0 Å². The fourth-order valence-corrected chi connectivity index (χ4v) is 1.44. The molecule has 0 saturated carbocycles. The van der Waals surface area contributed by atoms with E-state index in [1.807, 2.05) is 20.8 Å². The van der Waals surface area contributed by atoms with Crippen molar-refractivity contribution in [2.24, 2.45) is 11.7 Å². The molecule has 0 aromatic heterocycles. The Kier molecular flexibility index (Phi) is 3.11. The molecule has 0 radical (unpaired) electrons. The van der Waals surface area contributed by atoms with Crippen molar-refractivity contribution in [2.75, 3.05) is 5.73 Å². The summed E-state index contributed by atoms with van der Waals surface area (Å²) in [5.41, 5.74) is 13.4. The molecule has 78 valence electrons. The molecule has 0 aliphatic carbocycles. The molecule has 0 saturated heterocycles. The van der Waals surface area contributed by atoms with E-state index in [9.17, 15) is 4.39 Å². The summed E-state index contributed by atoms with van der Waals surface area (Å²) < 4.78 is 13.2. The van der Waals surface area contributed by atoms with E-state index in [-0.39, 0.29) is 23.5 Å². The quantitative estimate of drug-likeness (QED) is 0.713. The molecular weight excluding hydrogens is 179 g/mol. The Bertz CT molecular complexity index is 334. The van der Waals surface area contributed by atoms with Gasteiger partial charge in [0.25, 0.3) is 0 Å². The summed E-state index contributed by atoms with van der Waals surface area (Å²) in [6.07, 6.45) is 0. The zero-order valence-corrected chi connectivity index (χ0v) is 8.84. The number of halogens is 1. The van der Waals surface area contributed by atoms with E-state index >= 15 is 0 Å². The molecule has 2 nitrogen and oxygen atoms in total. The first kappa shape index (κ1) is 11.0. The number of anilines is 1. The fourth-order valence-electron chi connectivity index (χ4n) is 1.44. The minimum absolute atomic E-state index is 0.134. The van der Waals surface area contributed by atoms with Crippen molar-refractivity contribution in [3.63, 3.8) is 0 Å². The van der Waals surface area contributed by atoms with Crippen molar-refractivity contribution < 1.29 is 4.39 Å². The molecule has 1 unspecified atom stereocenters. The summed E-state index contributed by atoms with van der Waals surface area (Å²) >= 11 is 0. The zero-order chi connectivity index (χ0) is 10.9. The predicted octanol–water partition coefficient (Wildman–Crippen LogP) is 2.37. The van der Waals surface area contributed by atoms with Crippen LogP contribution in [0.15, 0.2) is 12.1 Å². The van der Waals surface area contributed by atoms with Crippen LogP contribution in [-0.4, -0.2) is 0 Å². The maximum atomic E-state index is 13.2. The van der Waals surface area contributed by atoms with Crippen LogP contribution in [-0.2, 0) is 0 Å². The lowest BCUT2D eigenvalue weighted by molar-refractivity contribution is 0.508. The molecule has 14 heavy (non-hydrogen) atoms. The second-order valence-corrected chi connectivity index (χ2v) is 4.00. The normalized spacial score (nSPS) is 13.3. The molecule has 4 N–H and O–H groups in total. The average Bonchev–Trinajstić information content (AvgIpc) is 2.10. The van der Waals surface area contributed by atoms with Crippen LogP contribution >= 0.6 is 0 Å². The maximum Gasteiger partial charge on any atom is 0.146 e. The molecule has 0 spiro atoms. The molecule has 0 amide bonds. The predicted molar refractivity (Wildman–Crippen MR) is 57.3 cm³/mol. The molecule has 0 aliphatic rings. The molecule has 0 heterocycles. The van der Waals surface area contributed by atoms with E-state index in [1.165, 1.54) is 6.07 Å². The monoisotopic (exact) mass is 196 g/mol. The summed E-state index contributed by atoms with van der Waals surface area (Å²) in [5.74, 6) is -0.0987. The lowest BCUT2D eigenvalue weighted by Gasteiger charge is -2.18. The highest BCUT2D eigenvalue weighted by Crippen LogP contribution is 2.25.